The van der Waals surface area contributed by atoms with Crippen molar-refractivity contribution >= 4 is 21.6 Å². The smallest absolute Gasteiger partial charge is 0.264 e. The SMILES string of the molecule is CCCNC(=O)COc1ccc(S(=O)(=O)N(CC)c2ccccc2)cc1. The van der Waals surface area contributed by atoms with Crippen molar-refractivity contribution in [2.45, 2.75) is 25.2 Å². The van der Waals surface area contributed by atoms with Crippen molar-refractivity contribution in [1.29, 1.82) is 0 Å². The van der Waals surface area contributed by atoms with Crippen LogP contribution in [-0.4, -0.2) is 34.0 Å². The molecule has 26 heavy (non-hydrogen) atoms. The molecule has 7 heteroatoms. The first-order chi connectivity index (χ1) is 12.5. The molecule has 0 heterocycles. The Bertz CT molecular complexity index is 805. The lowest BCUT2D eigenvalue weighted by molar-refractivity contribution is -0.123. The summed E-state index contributed by atoms with van der Waals surface area (Å²) in [6, 6.07) is 15.0. The lowest BCUT2D eigenvalue weighted by atomic mass is 10.3. The molecule has 2 aromatic rings. The van der Waals surface area contributed by atoms with E-state index < -0.39 is 10.0 Å². The predicted octanol–water partition coefficient (Wildman–Crippen LogP) is 2.81. The maximum absolute atomic E-state index is 12.9. The fraction of sp³-hybridized carbons (Fsp3) is 0.316. The van der Waals surface area contributed by atoms with Gasteiger partial charge in [0.2, 0.25) is 0 Å². The van der Waals surface area contributed by atoms with E-state index in [0.717, 1.165) is 6.42 Å². The van der Waals surface area contributed by atoms with E-state index >= 15 is 0 Å². The van der Waals surface area contributed by atoms with Gasteiger partial charge < -0.3 is 10.1 Å². The Morgan fingerprint density at radius 1 is 1.04 bits per heavy atom. The minimum absolute atomic E-state index is 0.100. The van der Waals surface area contributed by atoms with Gasteiger partial charge in [-0.1, -0.05) is 25.1 Å². The molecule has 0 unspecified atom stereocenters. The van der Waals surface area contributed by atoms with Gasteiger partial charge in [0.15, 0.2) is 6.61 Å². The molecule has 1 N–H and O–H groups in total. The van der Waals surface area contributed by atoms with Gasteiger partial charge in [-0.3, -0.25) is 9.10 Å². The average molecular weight is 376 g/mol. The first-order valence-corrected chi connectivity index (χ1v) is 10.0. The number of amides is 1. The molecule has 0 saturated carbocycles. The summed E-state index contributed by atoms with van der Waals surface area (Å²) < 4.78 is 32.5. The molecule has 0 saturated heterocycles. The van der Waals surface area contributed by atoms with Crippen LogP contribution in [0.15, 0.2) is 59.5 Å². The van der Waals surface area contributed by atoms with Gasteiger partial charge in [0, 0.05) is 13.1 Å². The lowest BCUT2D eigenvalue weighted by Gasteiger charge is -2.23. The summed E-state index contributed by atoms with van der Waals surface area (Å²) in [4.78, 5) is 11.7. The van der Waals surface area contributed by atoms with E-state index in [1.807, 2.05) is 13.0 Å². The third-order valence-corrected chi connectivity index (χ3v) is 5.60. The Morgan fingerprint density at radius 3 is 2.27 bits per heavy atom. The molecular weight excluding hydrogens is 352 g/mol. The van der Waals surface area contributed by atoms with E-state index in [-0.39, 0.29) is 17.4 Å². The molecule has 0 spiro atoms. The van der Waals surface area contributed by atoms with Gasteiger partial charge in [-0.2, -0.15) is 0 Å². The zero-order chi connectivity index (χ0) is 19.0. The van der Waals surface area contributed by atoms with Crippen molar-refractivity contribution in [3.05, 3.63) is 54.6 Å². The minimum Gasteiger partial charge on any atom is -0.484 e. The van der Waals surface area contributed by atoms with E-state index in [1.54, 1.807) is 43.3 Å². The summed E-state index contributed by atoms with van der Waals surface area (Å²) >= 11 is 0. The third-order valence-electron chi connectivity index (χ3n) is 3.69. The van der Waals surface area contributed by atoms with Crippen LogP contribution in [0.1, 0.15) is 20.3 Å². The van der Waals surface area contributed by atoms with Gasteiger partial charge in [0.25, 0.3) is 15.9 Å². The van der Waals surface area contributed by atoms with E-state index in [9.17, 15) is 13.2 Å². The molecule has 0 atom stereocenters. The molecule has 0 bridgehead atoms. The molecule has 0 aromatic heterocycles. The predicted molar refractivity (Wildman–Crippen MR) is 102 cm³/mol. The molecule has 0 aliphatic carbocycles. The third kappa shape index (κ3) is 4.98. The van der Waals surface area contributed by atoms with Gasteiger partial charge in [-0.25, -0.2) is 8.42 Å². The molecule has 0 aliphatic heterocycles. The van der Waals surface area contributed by atoms with E-state index in [1.165, 1.54) is 16.4 Å². The molecule has 0 aliphatic rings. The van der Waals surface area contributed by atoms with E-state index in [0.29, 0.717) is 24.5 Å². The van der Waals surface area contributed by atoms with Crippen LogP contribution in [0.3, 0.4) is 0 Å². The van der Waals surface area contributed by atoms with Crippen molar-refractivity contribution in [1.82, 2.24) is 5.32 Å². The second-order valence-electron chi connectivity index (χ2n) is 5.62. The first kappa shape index (κ1) is 19.8. The second kappa shape index (κ2) is 9.24. The number of para-hydroxylation sites is 1. The number of rotatable bonds is 9. The summed E-state index contributed by atoms with van der Waals surface area (Å²) in [6.45, 7) is 4.58. The fourth-order valence-corrected chi connectivity index (χ4v) is 3.86. The van der Waals surface area contributed by atoms with Gasteiger partial charge in [-0.05, 0) is 49.7 Å². The van der Waals surface area contributed by atoms with Gasteiger partial charge in [0.05, 0.1) is 10.6 Å². The lowest BCUT2D eigenvalue weighted by Crippen LogP contribution is -2.30. The summed E-state index contributed by atoms with van der Waals surface area (Å²) in [5.74, 6) is 0.239. The standard InChI is InChI=1S/C19H24N2O4S/c1-3-14-20-19(22)15-25-17-10-12-18(13-11-17)26(23,24)21(4-2)16-8-6-5-7-9-16/h5-13H,3-4,14-15H2,1-2H3,(H,20,22). The number of nitrogens with zero attached hydrogens (tertiary/aromatic N) is 1. The topological polar surface area (TPSA) is 75.7 Å². The first-order valence-electron chi connectivity index (χ1n) is 8.56. The monoisotopic (exact) mass is 376 g/mol. The Hall–Kier alpha value is -2.54. The Kier molecular flexibility index (Phi) is 7.03. The minimum atomic E-state index is -3.67. The highest BCUT2D eigenvalue weighted by Crippen LogP contribution is 2.24. The van der Waals surface area contributed by atoms with Gasteiger partial charge in [0.1, 0.15) is 5.75 Å². The van der Waals surface area contributed by atoms with Crippen molar-refractivity contribution < 1.29 is 17.9 Å². The summed E-state index contributed by atoms with van der Waals surface area (Å²) in [7, 11) is -3.67. The molecule has 1 amide bonds. The zero-order valence-electron chi connectivity index (χ0n) is 15.0. The molecule has 0 fully saturated rings. The van der Waals surface area contributed by atoms with E-state index in [4.69, 9.17) is 4.74 Å². The van der Waals surface area contributed by atoms with Crippen molar-refractivity contribution in [2.24, 2.45) is 0 Å². The number of sulfonamides is 1. The van der Waals surface area contributed by atoms with E-state index in [2.05, 4.69) is 5.32 Å². The number of benzene rings is 2. The zero-order valence-corrected chi connectivity index (χ0v) is 15.8. The quantitative estimate of drug-likeness (QED) is 0.730. The molecule has 2 aromatic carbocycles. The highest BCUT2D eigenvalue weighted by molar-refractivity contribution is 7.92. The van der Waals surface area contributed by atoms with Crippen LogP contribution in [-0.2, 0) is 14.8 Å². The maximum atomic E-state index is 12.9. The van der Waals surface area contributed by atoms with Crippen LogP contribution in [0, 0.1) is 0 Å². The summed E-state index contributed by atoms with van der Waals surface area (Å²) in [6.07, 6.45) is 0.855. The summed E-state index contributed by atoms with van der Waals surface area (Å²) in [5.41, 5.74) is 0.614. The van der Waals surface area contributed by atoms with Crippen LogP contribution < -0.4 is 14.4 Å². The van der Waals surface area contributed by atoms with Crippen molar-refractivity contribution in [3.8, 4) is 5.75 Å². The number of nitrogens with one attached hydrogen (secondary N) is 1. The van der Waals surface area contributed by atoms with Crippen LogP contribution in [0.2, 0.25) is 0 Å². The van der Waals surface area contributed by atoms with Gasteiger partial charge >= 0.3 is 0 Å². The number of carbonyl (C=O) groups excluding carboxylic acids is 1. The van der Waals surface area contributed by atoms with Crippen LogP contribution in [0.4, 0.5) is 5.69 Å². The largest absolute Gasteiger partial charge is 0.484 e. The molecule has 2 rings (SSSR count). The number of ether oxygens (including phenoxy) is 1. The highest BCUT2D eigenvalue weighted by Gasteiger charge is 2.23. The number of anilines is 1. The fourth-order valence-electron chi connectivity index (χ4n) is 2.38. The van der Waals surface area contributed by atoms with Crippen LogP contribution >= 0.6 is 0 Å². The van der Waals surface area contributed by atoms with Crippen molar-refractivity contribution in [2.75, 3.05) is 24.0 Å². The maximum Gasteiger partial charge on any atom is 0.264 e. The Labute approximate surface area is 154 Å². The number of hydrogen-bond acceptors (Lipinski definition) is 4. The molecule has 0 radical (unpaired) electrons. The Morgan fingerprint density at radius 2 is 1.69 bits per heavy atom. The van der Waals surface area contributed by atoms with Crippen LogP contribution in [0.25, 0.3) is 0 Å². The highest BCUT2D eigenvalue weighted by atomic mass is 32.2. The van der Waals surface area contributed by atoms with Crippen molar-refractivity contribution in [3.63, 3.8) is 0 Å². The summed E-state index contributed by atoms with van der Waals surface area (Å²) in [5, 5.41) is 2.71. The number of carbonyl (C=O) groups is 1. The van der Waals surface area contributed by atoms with Gasteiger partial charge in [-0.15, -0.1) is 0 Å². The number of hydrogen-bond donors (Lipinski definition) is 1. The Balaban J connectivity index is 2.10. The normalized spacial score (nSPS) is 11.0. The second-order valence-corrected chi connectivity index (χ2v) is 7.48. The molecule has 140 valence electrons. The average Bonchev–Trinajstić information content (AvgIpc) is 2.66. The molecular formula is C19H24N2O4S. The van der Waals surface area contributed by atoms with Crippen LogP contribution in [0.5, 0.6) is 5.75 Å². The molecule has 6 nitrogen and oxygen atoms in total.